The van der Waals surface area contributed by atoms with Crippen molar-refractivity contribution in [1.29, 1.82) is 0 Å². The van der Waals surface area contributed by atoms with Crippen LogP contribution >= 0.6 is 15.9 Å². The van der Waals surface area contributed by atoms with Gasteiger partial charge in [0.15, 0.2) is 11.9 Å². The second kappa shape index (κ2) is 9.71. The van der Waals surface area contributed by atoms with Crippen LogP contribution in [0.4, 0.5) is 0 Å². The fourth-order valence-corrected chi connectivity index (χ4v) is 2.58. The van der Waals surface area contributed by atoms with E-state index in [9.17, 15) is 0 Å². The quantitative estimate of drug-likeness (QED) is 0.407. The molecule has 0 radical (unpaired) electrons. The molecule has 0 fully saturated rings. The van der Waals surface area contributed by atoms with E-state index in [1.165, 1.54) is 0 Å². The van der Waals surface area contributed by atoms with Gasteiger partial charge in [0.25, 0.3) is 0 Å². The predicted octanol–water partition coefficient (Wildman–Crippen LogP) is 2.51. The summed E-state index contributed by atoms with van der Waals surface area (Å²) < 4.78 is 48.1. The minimum atomic E-state index is -5.17. The van der Waals surface area contributed by atoms with Gasteiger partial charge >= 0.3 is 1.43 Å². The highest BCUT2D eigenvalue weighted by molar-refractivity contribution is 9.10. The SMILES string of the molecule is CCCOc1cccc(-c2c[n+](C)cc(OC)c2Br)c1.O=S(=O)([O-])[O-].[H+]. The smallest absolute Gasteiger partial charge is 0.759 e. The van der Waals surface area contributed by atoms with Gasteiger partial charge in [-0.25, -0.2) is 4.57 Å². The van der Waals surface area contributed by atoms with Gasteiger partial charge in [0.2, 0.25) is 6.20 Å². The van der Waals surface area contributed by atoms with Crippen LogP contribution < -0.4 is 14.0 Å². The number of hydrogen-bond acceptors (Lipinski definition) is 6. The largest absolute Gasteiger partial charge is 1.00 e. The van der Waals surface area contributed by atoms with Gasteiger partial charge < -0.3 is 18.6 Å². The van der Waals surface area contributed by atoms with Crippen molar-refractivity contribution in [2.24, 2.45) is 7.05 Å². The van der Waals surface area contributed by atoms with E-state index in [4.69, 9.17) is 27.0 Å². The van der Waals surface area contributed by atoms with Crippen molar-refractivity contribution in [2.75, 3.05) is 13.7 Å². The van der Waals surface area contributed by atoms with E-state index in [1.54, 1.807) is 7.11 Å². The molecule has 0 aliphatic heterocycles. The summed E-state index contributed by atoms with van der Waals surface area (Å²) in [4.78, 5) is 0. The number of methoxy groups -OCH3 is 1. The van der Waals surface area contributed by atoms with Crippen molar-refractivity contribution in [1.82, 2.24) is 0 Å². The fourth-order valence-electron chi connectivity index (χ4n) is 1.99. The lowest BCUT2D eigenvalue weighted by Gasteiger charge is -2.09. The molecule has 0 aliphatic rings. The highest BCUT2D eigenvalue weighted by Gasteiger charge is 2.15. The van der Waals surface area contributed by atoms with Crippen LogP contribution in [-0.4, -0.2) is 31.2 Å². The van der Waals surface area contributed by atoms with Crippen molar-refractivity contribution >= 4 is 26.3 Å². The Hall–Kier alpha value is -1.68. The van der Waals surface area contributed by atoms with E-state index in [1.807, 2.05) is 29.9 Å². The van der Waals surface area contributed by atoms with Crippen LogP contribution in [0.25, 0.3) is 11.1 Å². The lowest BCUT2D eigenvalue weighted by atomic mass is 10.1. The molecule has 0 saturated carbocycles. The Morgan fingerprint density at radius 2 is 1.92 bits per heavy atom. The number of halogens is 1. The number of aryl methyl sites for hydroxylation is 1. The summed E-state index contributed by atoms with van der Waals surface area (Å²) in [6.07, 6.45) is 5.00. The summed E-state index contributed by atoms with van der Waals surface area (Å²) >= 11 is 3.61. The lowest BCUT2D eigenvalue weighted by molar-refractivity contribution is -0.671. The van der Waals surface area contributed by atoms with Gasteiger partial charge in [-0.3, -0.25) is 8.42 Å². The number of pyridine rings is 1. The Labute approximate surface area is 157 Å². The maximum atomic E-state index is 8.52. The number of ether oxygens (including phenoxy) is 2. The summed E-state index contributed by atoms with van der Waals surface area (Å²) in [7, 11) is -1.51. The van der Waals surface area contributed by atoms with Gasteiger partial charge in [0, 0.05) is 10.4 Å². The van der Waals surface area contributed by atoms with Crippen LogP contribution in [0.2, 0.25) is 0 Å². The Kier molecular flexibility index (Phi) is 8.30. The zero-order chi connectivity index (χ0) is 19.0. The molecule has 1 aromatic carbocycles. The molecule has 0 bridgehead atoms. The van der Waals surface area contributed by atoms with Crippen molar-refractivity contribution in [3.63, 3.8) is 0 Å². The second-order valence-electron chi connectivity index (χ2n) is 5.00. The average Bonchev–Trinajstić information content (AvgIpc) is 2.53. The van der Waals surface area contributed by atoms with Gasteiger partial charge in [0.05, 0.1) is 23.8 Å². The zero-order valence-corrected chi connectivity index (χ0v) is 16.5. The Morgan fingerprint density at radius 3 is 2.48 bits per heavy atom. The summed E-state index contributed by atoms with van der Waals surface area (Å²) in [5.74, 6) is 1.70. The summed E-state index contributed by atoms with van der Waals surface area (Å²) in [5, 5.41) is 0. The van der Waals surface area contributed by atoms with E-state index in [0.29, 0.717) is 0 Å². The Morgan fingerprint density at radius 1 is 1.28 bits per heavy atom. The number of nitrogens with zero attached hydrogens (tertiary/aromatic N) is 1. The molecule has 0 spiro atoms. The second-order valence-corrected chi connectivity index (χ2v) is 6.61. The molecule has 0 N–H and O–H groups in total. The van der Waals surface area contributed by atoms with Crippen molar-refractivity contribution in [3.05, 3.63) is 41.1 Å². The highest BCUT2D eigenvalue weighted by atomic mass is 79.9. The topological polar surface area (TPSA) is 103 Å². The molecule has 0 aliphatic carbocycles. The third-order valence-electron chi connectivity index (χ3n) is 2.94. The molecule has 9 heteroatoms. The molecule has 0 saturated heterocycles. The Balaban J connectivity index is 0.000000923. The average molecular weight is 434 g/mol. The normalized spacial score (nSPS) is 10.6. The third-order valence-corrected chi connectivity index (χ3v) is 3.76. The number of rotatable bonds is 5. The van der Waals surface area contributed by atoms with E-state index in [2.05, 4.69) is 41.2 Å². The number of hydrogen-bond donors (Lipinski definition) is 0. The van der Waals surface area contributed by atoms with Crippen molar-refractivity contribution < 1.29 is 33.0 Å². The summed E-state index contributed by atoms with van der Waals surface area (Å²) in [6.45, 7) is 2.83. The summed E-state index contributed by atoms with van der Waals surface area (Å²) in [5.41, 5.74) is 2.17. The molecule has 1 heterocycles. The van der Waals surface area contributed by atoms with Crippen LogP contribution in [-0.2, 0) is 17.4 Å². The number of benzene rings is 1. The molecule has 138 valence electrons. The molecule has 0 unspecified atom stereocenters. The van der Waals surface area contributed by atoms with Gasteiger partial charge in [-0.2, -0.15) is 0 Å². The van der Waals surface area contributed by atoms with Crippen LogP contribution in [0.5, 0.6) is 11.5 Å². The maximum Gasteiger partial charge on any atom is 1.00 e. The van der Waals surface area contributed by atoms with Gasteiger partial charge in [-0.05, 0) is 40.0 Å². The molecule has 25 heavy (non-hydrogen) atoms. The van der Waals surface area contributed by atoms with E-state index >= 15 is 0 Å². The van der Waals surface area contributed by atoms with E-state index in [-0.39, 0.29) is 1.43 Å². The maximum absolute atomic E-state index is 8.52. The molecule has 1 aromatic heterocycles. The van der Waals surface area contributed by atoms with Gasteiger partial charge in [0.1, 0.15) is 12.8 Å². The monoisotopic (exact) mass is 433 g/mol. The first-order chi connectivity index (χ1) is 11.7. The molecule has 0 atom stereocenters. The molecule has 2 rings (SSSR count). The fraction of sp³-hybridized carbons (Fsp3) is 0.312. The summed E-state index contributed by atoms with van der Waals surface area (Å²) in [6, 6.07) is 8.10. The lowest BCUT2D eigenvalue weighted by Crippen LogP contribution is -2.27. The minimum absolute atomic E-state index is 0. The van der Waals surface area contributed by atoms with Crippen LogP contribution in [0.3, 0.4) is 0 Å². The van der Waals surface area contributed by atoms with Crippen LogP contribution in [0.15, 0.2) is 41.1 Å². The van der Waals surface area contributed by atoms with Crippen LogP contribution in [0, 0.1) is 0 Å². The zero-order valence-electron chi connectivity index (χ0n) is 15.1. The van der Waals surface area contributed by atoms with Crippen molar-refractivity contribution in [2.45, 2.75) is 13.3 Å². The Bertz CT molecular complexity index is 808. The standard InChI is InChI=1S/C16H19BrNO2.H2O4S/c1-4-8-20-13-7-5-6-12(9-13)14-10-18(2)11-15(19-3)16(14)17;1-5(2,3)4/h5-7,9-11H,4,8H2,1-3H3;(H2,1,2,3,4)/q+1;/p-1. The minimum Gasteiger partial charge on any atom is -0.759 e. The van der Waals surface area contributed by atoms with E-state index in [0.717, 1.165) is 40.1 Å². The third kappa shape index (κ3) is 7.82. The molecular formula is C16H20BrNO6S. The van der Waals surface area contributed by atoms with Gasteiger partial charge in [-0.15, -0.1) is 0 Å². The first-order valence-electron chi connectivity index (χ1n) is 7.28. The molecule has 0 amide bonds. The van der Waals surface area contributed by atoms with Crippen molar-refractivity contribution in [3.8, 4) is 22.6 Å². The number of aromatic nitrogens is 1. The predicted molar refractivity (Wildman–Crippen MR) is 94.7 cm³/mol. The molecular weight excluding hydrogens is 414 g/mol. The highest BCUT2D eigenvalue weighted by Crippen LogP contribution is 2.35. The molecule has 7 nitrogen and oxygen atoms in total. The van der Waals surface area contributed by atoms with Gasteiger partial charge in [-0.1, -0.05) is 19.1 Å². The first-order valence-corrected chi connectivity index (χ1v) is 9.41. The van der Waals surface area contributed by atoms with Crippen LogP contribution in [0.1, 0.15) is 14.8 Å². The first kappa shape index (κ1) is 21.4. The van der Waals surface area contributed by atoms with E-state index < -0.39 is 10.4 Å². The molecule has 2 aromatic rings.